The van der Waals surface area contributed by atoms with E-state index in [1.165, 1.54) is 11.5 Å². The molecular weight excluding hydrogens is 288 g/mol. The second-order valence-electron chi connectivity index (χ2n) is 5.79. The van der Waals surface area contributed by atoms with Gasteiger partial charge in [-0.15, -0.1) is 5.10 Å². The predicted octanol–water partition coefficient (Wildman–Crippen LogP) is 3.08. The van der Waals surface area contributed by atoms with Crippen LogP contribution in [-0.2, 0) is 5.41 Å². The number of aromatic carboxylic acids is 1. The van der Waals surface area contributed by atoms with Gasteiger partial charge in [-0.1, -0.05) is 31.3 Å². The molecule has 0 saturated carbocycles. The van der Waals surface area contributed by atoms with Crippen LogP contribution in [-0.4, -0.2) is 30.6 Å². The highest BCUT2D eigenvalue weighted by molar-refractivity contribution is 7.09. The Morgan fingerprint density at radius 2 is 2.10 bits per heavy atom. The van der Waals surface area contributed by atoms with Crippen LogP contribution in [0.3, 0.4) is 0 Å². The quantitative estimate of drug-likeness (QED) is 0.759. The van der Waals surface area contributed by atoms with Crippen LogP contribution in [0.2, 0.25) is 0 Å². The molecule has 0 aliphatic heterocycles. The number of benzene rings is 1. The molecule has 2 N–H and O–H groups in total. The molecule has 0 unspecified atom stereocenters. The molecule has 0 saturated heterocycles. The van der Waals surface area contributed by atoms with E-state index in [0.717, 1.165) is 10.6 Å². The average Bonchev–Trinajstić information content (AvgIpc) is 3.03. The number of hydrogen-bond donors (Lipinski definition) is 2. The zero-order chi connectivity index (χ0) is 15.2. The van der Waals surface area contributed by atoms with Gasteiger partial charge in [0.2, 0.25) is 0 Å². The molecular formula is C14H14N4O2S. The molecule has 2 aromatic heterocycles. The number of para-hydroxylation sites is 1. The highest BCUT2D eigenvalue weighted by Gasteiger charge is 2.25. The van der Waals surface area contributed by atoms with Crippen LogP contribution >= 0.6 is 11.5 Å². The van der Waals surface area contributed by atoms with Crippen LogP contribution in [0, 0.1) is 0 Å². The summed E-state index contributed by atoms with van der Waals surface area (Å²) < 4.78 is 4.01. The Labute approximate surface area is 125 Å². The number of rotatable bonds is 2. The molecule has 108 valence electrons. The summed E-state index contributed by atoms with van der Waals surface area (Å²) in [7, 11) is 0. The van der Waals surface area contributed by atoms with Crippen LogP contribution in [0.15, 0.2) is 18.2 Å². The first-order valence-electron chi connectivity index (χ1n) is 6.43. The molecule has 7 heteroatoms. The molecule has 0 radical (unpaired) electrons. The zero-order valence-electron chi connectivity index (χ0n) is 11.8. The lowest BCUT2D eigenvalue weighted by Gasteiger charge is -2.15. The highest BCUT2D eigenvalue weighted by Crippen LogP contribution is 2.33. The summed E-state index contributed by atoms with van der Waals surface area (Å²) in [6.07, 6.45) is 0. The molecule has 3 rings (SSSR count). The molecule has 21 heavy (non-hydrogen) atoms. The lowest BCUT2D eigenvalue weighted by molar-refractivity contribution is 0.0699. The van der Waals surface area contributed by atoms with Crippen LogP contribution in [0.4, 0.5) is 0 Å². The first-order valence-corrected chi connectivity index (χ1v) is 7.20. The minimum atomic E-state index is -0.989. The Morgan fingerprint density at radius 1 is 1.33 bits per heavy atom. The molecule has 3 aromatic rings. The molecule has 0 bridgehead atoms. The van der Waals surface area contributed by atoms with Crippen molar-refractivity contribution in [1.82, 2.24) is 19.6 Å². The molecule has 6 nitrogen and oxygen atoms in total. The lowest BCUT2D eigenvalue weighted by atomic mass is 9.91. The van der Waals surface area contributed by atoms with Crippen molar-refractivity contribution in [3.05, 3.63) is 29.5 Å². The van der Waals surface area contributed by atoms with Gasteiger partial charge in [-0.3, -0.25) is 0 Å². The fourth-order valence-corrected chi connectivity index (χ4v) is 2.97. The molecule has 2 heterocycles. The Morgan fingerprint density at radius 3 is 2.76 bits per heavy atom. The SMILES string of the molecule is CC(C)(C)c1nnsc1-c1nc2c(C(=O)O)cccc2[nH]1. The Balaban J connectivity index is 2.21. The van der Waals surface area contributed by atoms with Gasteiger partial charge in [0.25, 0.3) is 0 Å². The number of aromatic nitrogens is 4. The highest BCUT2D eigenvalue weighted by atomic mass is 32.1. The maximum Gasteiger partial charge on any atom is 0.337 e. The van der Waals surface area contributed by atoms with E-state index in [1.54, 1.807) is 12.1 Å². The van der Waals surface area contributed by atoms with Crippen molar-refractivity contribution >= 4 is 28.5 Å². The Bertz CT molecular complexity index is 829. The first-order chi connectivity index (χ1) is 9.88. The monoisotopic (exact) mass is 302 g/mol. The van der Waals surface area contributed by atoms with Crippen LogP contribution in [0.25, 0.3) is 21.7 Å². The maximum absolute atomic E-state index is 11.3. The summed E-state index contributed by atoms with van der Waals surface area (Å²) in [6, 6.07) is 5.05. The molecule has 0 aliphatic rings. The van der Waals surface area contributed by atoms with E-state index in [1.807, 2.05) is 6.07 Å². The number of imidazole rings is 1. The Hall–Kier alpha value is -2.28. The summed E-state index contributed by atoms with van der Waals surface area (Å²) in [5.74, 6) is -0.379. The fraction of sp³-hybridized carbons (Fsp3) is 0.286. The maximum atomic E-state index is 11.3. The smallest absolute Gasteiger partial charge is 0.337 e. The van der Waals surface area contributed by atoms with Crippen molar-refractivity contribution in [2.75, 3.05) is 0 Å². The summed E-state index contributed by atoms with van der Waals surface area (Å²) in [5, 5.41) is 13.4. The summed E-state index contributed by atoms with van der Waals surface area (Å²) in [6.45, 7) is 6.16. The number of carbonyl (C=O) groups is 1. The van der Waals surface area contributed by atoms with Crippen LogP contribution < -0.4 is 0 Å². The van der Waals surface area contributed by atoms with Gasteiger partial charge in [0.1, 0.15) is 10.4 Å². The molecule has 0 atom stereocenters. The van der Waals surface area contributed by atoms with Crippen molar-refractivity contribution in [3.63, 3.8) is 0 Å². The number of nitrogens with one attached hydrogen (secondary N) is 1. The van der Waals surface area contributed by atoms with Gasteiger partial charge in [0, 0.05) is 5.41 Å². The van der Waals surface area contributed by atoms with Crippen molar-refractivity contribution in [3.8, 4) is 10.7 Å². The number of carboxylic acids is 1. The minimum absolute atomic E-state index is 0.156. The third-order valence-electron chi connectivity index (χ3n) is 3.16. The molecule has 0 fully saturated rings. The number of nitrogens with zero attached hydrogens (tertiary/aromatic N) is 3. The molecule has 1 aromatic carbocycles. The third-order valence-corrected chi connectivity index (χ3v) is 3.89. The number of fused-ring (bicyclic) bond motifs is 1. The van der Waals surface area contributed by atoms with E-state index in [2.05, 4.69) is 40.3 Å². The third kappa shape index (κ3) is 2.29. The molecule has 0 amide bonds. The van der Waals surface area contributed by atoms with Crippen molar-refractivity contribution in [2.45, 2.75) is 26.2 Å². The number of H-pyrrole nitrogens is 1. The summed E-state index contributed by atoms with van der Waals surface area (Å²) in [5.41, 5.74) is 2.02. The van der Waals surface area contributed by atoms with E-state index < -0.39 is 5.97 Å². The standard InChI is InChI=1S/C14H14N4O2S/c1-14(2,3)11-10(21-18-17-11)12-15-8-6-4-5-7(13(19)20)9(8)16-12/h4-6H,1-3H3,(H,15,16)(H,19,20). The first kappa shape index (κ1) is 13.7. The Kier molecular flexibility index (Phi) is 3.02. The van der Waals surface area contributed by atoms with Crippen molar-refractivity contribution in [1.29, 1.82) is 0 Å². The number of aromatic amines is 1. The van der Waals surface area contributed by atoms with Crippen molar-refractivity contribution < 1.29 is 9.90 Å². The van der Waals surface area contributed by atoms with Gasteiger partial charge in [-0.25, -0.2) is 9.78 Å². The van der Waals surface area contributed by atoms with Gasteiger partial charge in [0.15, 0.2) is 5.82 Å². The summed E-state index contributed by atoms with van der Waals surface area (Å²) in [4.78, 5) is 19.7. The van der Waals surface area contributed by atoms with E-state index >= 15 is 0 Å². The van der Waals surface area contributed by atoms with E-state index in [4.69, 9.17) is 0 Å². The largest absolute Gasteiger partial charge is 0.478 e. The predicted molar refractivity (Wildman–Crippen MR) is 80.7 cm³/mol. The molecule has 0 aliphatic carbocycles. The fourth-order valence-electron chi connectivity index (χ4n) is 2.15. The van der Waals surface area contributed by atoms with Gasteiger partial charge in [-0.05, 0) is 23.7 Å². The van der Waals surface area contributed by atoms with Crippen LogP contribution in [0.5, 0.6) is 0 Å². The normalized spacial score (nSPS) is 12.0. The van der Waals surface area contributed by atoms with Crippen LogP contribution in [0.1, 0.15) is 36.8 Å². The van der Waals surface area contributed by atoms with Gasteiger partial charge in [-0.2, -0.15) is 0 Å². The van der Waals surface area contributed by atoms with E-state index in [-0.39, 0.29) is 11.0 Å². The zero-order valence-corrected chi connectivity index (χ0v) is 12.7. The number of hydrogen-bond acceptors (Lipinski definition) is 5. The topological polar surface area (TPSA) is 91.8 Å². The van der Waals surface area contributed by atoms with E-state index in [0.29, 0.717) is 16.9 Å². The molecule has 0 spiro atoms. The summed E-state index contributed by atoms with van der Waals surface area (Å²) >= 11 is 1.26. The van der Waals surface area contributed by atoms with Gasteiger partial charge >= 0.3 is 5.97 Å². The average molecular weight is 302 g/mol. The minimum Gasteiger partial charge on any atom is -0.478 e. The van der Waals surface area contributed by atoms with Gasteiger partial charge in [0.05, 0.1) is 16.8 Å². The van der Waals surface area contributed by atoms with Crippen molar-refractivity contribution in [2.24, 2.45) is 0 Å². The second kappa shape index (κ2) is 4.63. The van der Waals surface area contributed by atoms with Gasteiger partial charge < -0.3 is 10.1 Å². The second-order valence-corrected chi connectivity index (χ2v) is 6.55. The lowest BCUT2D eigenvalue weighted by Crippen LogP contribution is -2.13. The number of carboxylic acid groups (broad SMARTS) is 1. The van der Waals surface area contributed by atoms with E-state index in [9.17, 15) is 9.90 Å².